The van der Waals surface area contributed by atoms with Crippen LogP contribution in [0.2, 0.25) is 5.02 Å². The summed E-state index contributed by atoms with van der Waals surface area (Å²) in [7, 11) is 0. The average molecular weight is 494 g/mol. The summed E-state index contributed by atoms with van der Waals surface area (Å²) in [5, 5.41) is 16.2. The van der Waals surface area contributed by atoms with Crippen LogP contribution in [0.15, 0.2) is 42.5 Å². The number of hydrogen-bond acceptors (Lipinski definition) is 4. The van der Waals surface area contributed by atoms with Gasteiger partial charge in [0.25, 0.3) is 0 Å². The molecule has 7 heteroatoms. The molecule has 2 aromatic carbocycles. The summed E-state index contributed by atoms with van der Waals surface area (Å²) in [6.45, 7) is 5.95. The molecular weight excluding hydrogens is 461 g/mol. The molecule has 0 bridgehead atoms. The minimum absolute atomic E-state index is 0.0311. The standard InChI is InChI=1S/C28H33ClFN5/c1-3-5-19(12-14-31-21-6-4-7-21)20-8-10-23-24(16-20)27(13-15-35-28(23)18(2)33-34-35)32-22-9-11-26(30)25(29)17-22/h5,8-11,16-17,21,27,31-32H,3-4,6-7,12-15H2,1-2H3/b19-5+. The quantitative estimate of drug-likeness (QED) is 0.357. The van der Waals surface area contributed by atoms with E-state index in [0.717, 1.165) is 55.0 Å². The molecule has 1 saturated carbocycles. The first-order valence-electron chi connectivity index (χ1n) is 12.7. The van der Waals surface area contributed by atoms with Crippen LogP contribution in [-0.2, 0) is 6.54 Å². The number of rotatable bonds is 8. The van der Waals surface area contributed by atoms with Crippen LogP contribution >= 0.6 is 11.6 Å². The third-order valence-electron chi connectivity index (χ3n) is 7.23. The molecule has 0 amide bonds. The minimum Gasteiger partial charge on any atom is -0.378 e. The highest BCUT2D eigenvalue weighted by atomic mass is 35.5. The van der Waals surface area contributed by atoms with Crippen molar-refractivity contribution in [2.24, 2.45) is 0 Å². The first-order valence-corrected chi connectivity index (χ1v) is 13.1. The van der Waals surface area contributed by atoms with Gasteiger partial charge in [0.05, 0.1) is 22.5 Å². The number of aromatic nitrogens is 3. The lowest BCUT2D eigenvalue weighted by atomic mass is 9.90. The monoisotopic (exact) mass is 493 g/mol. The number of hydrogen-bond donors (Lipinski definition) is 2. The van der Waals surface area contributed by atoms with Gasteiger partial charge in [-0.1, -0.05) is 48.4 Å². The second-order valence-electron chi connectivity index (χ2n) is 9.63. The lowest BCUT2D eigenvalue weighted by Crippen LogP contribution is -2.35. The highest BCUT2D eigenvalue weighted by Crippen LogP contribution is 2.39. The van der Waals surface area contributed by atoms with Crippen molar-refractivity contribution in [2.75, 3.05) is 11.9 Å². The molecule has 1 aliphatic heterocycles. The summed E-state index contributed by atoms with van der Waals surface area (Å²) in [6, 6.07) is 12.3. The summed E-state index contributed by atoms with van der Waals surface area (Å²) in [6.07, 6.45) is 9.13. The maximum Gasteiger partial charge on any atom is 0.141 e. The first kappa shape index (κ1) is 24.0. The molecule has 0 radical (unpaired) electrons. The van der Waals surface area contributed by atoms with Crippen molar-refractivity contribution in [1.82, 2.24) is 20.3 Å². The number of benzene rings is 2. The summed E-state index contributed by atoms with van der Waals surface area (Å²) < 4.78 is 15.8. The van der Waals surface area contributed by atoms with E-state index >= 15 is 0 Å². The molecule has 2 heterocycles. The number of aryl methyl sites for hydroxylation is 2. The molecule has 35 heavy (non-hydrogen) atoms. The zero-order chi connectivity index (χ0) is 24.4. The van der Waals surface area contributed by atoms with E-state index in [-0.39, 0.29) is 11.1 Å². The topological polar surface area (TPSA) is 54.8 Å². The highest BCUT2D eigenvalue weighted by molar-refractivity contribution is 6.31. The zero-order valence-corrected chi connectivity index (χ0v) is 21.2. The van der Waals surface area contributed by atoms with Crippen molar-refractivity contribution < 1.29 is 4.39 Å². The second-order valence-corrected chi connectivity index (χ2v) is 10.0. The van der Waals surface area contributed by atoms with Crippen LogP contribution in [0.4, 0.5) is 10.1 Å². The van der Waals surface area contributed by atoms with Crippen LogP contribution in [0.3, 0.4) is 0 Å². The van der Waals surface area contributed by atoms with Gasteiger partial charge in [-0.15, -0.1) is 5.10 Å². The van der Waals surface area contributed by atoms with Crippen LogP contribution in [0, 0.1) is 12.7 Å². The minimum atomic E-state index is -0.410. The van der Waals surface area contributed by atoms with Gasteiger partial charge in [-0.2, -0.15) is 0 Å². The van der Waals surface area contributed by atoms with Crippen molar-refractivity contribution in [3.05, 3.63) is 70.1 Å². The van der Waals surface area contributed by atoms with E-state index in [0.29, 0.717) is 6.04 Å². The van der Waals surface area contributed by atoms with E-state index in [1.54, 1.807) is 12.1 Å². The van der Waals surface area contributed by atoms with Gasteiger partial charge < -0.3 is 10.6 Å². The molecule has 1 atom stereocenters. The molecule has 1 unspecified atom stereocenters. The van der Waals surface area contributed by atoms with Crippen LogP contribution in [0.1, 0.15) is 68.3 Å². The second kappa shape index (κ2) is 10.5. The molecule has 1 aliphatic carbocycles. The summed E-state index contributed by atoms with van der Waals surface area (Å²) in [4.78, 5) is 0. The van der Waals surface area contributed by atoms with Gasteiger partial charge in [-0.05, 0) is 86.5 Å². The first-order chi connectivity index (χ1) is 17.0. The molecule has 0 spiro atoms. The fourth-order valence-corrected chi connectivity index (χ4v) is 5.32. The van der Waals surface area contributed by atoms with Crippen molar-refractivity contribution in [3.63, 3.8) is 0 Å². The predicted octanol–water partition coefficient (Wildman–Crippen LogP) is 6.93. The Hall–Kier alpha value is -2.70. The molecule has 1 aromatic heterocycles. The molecule has 3 aromatic rings. The molecule has 2 aliphatic rings. The van der Waals surface area contributed by atoms with Gasteiger partial charge in [0.1, 0.15) is 5.82 Å². The summed E-state index contributed by atoms with van der Waals surface area (Å²) in [5.74, 6) is -0.410. The van der Waals surface area contributed by atoms with E-state index in [9.17, 15) is 4.39 Å². The molecule has 5 rings (SSSR count). The molecular formula is C28H33ClFN5. The fraction of sp³-hybridized carbons (Fsp3) is 0.429. The number of fused-ring (bicyclic) bond motifs is 3. The summed E-state index contributed by atoms with van der Waals surface area (Å²) in [5.41, 5.74) is 7.78. The third kappa shape index (κ3) is 5.14. The Bertz CT molecular complexity index is 1230. The van der Waals surface area contributed by atoms with Gasteiger partial charge in [0.2, 0.25) is 0 Å². The Morgan fingerprint density at radius 3 is 2.80 bits per heavy atom. The number of nitrogens with zero attached hydrogens (tertiary/aromatic N) is 3. The van der Waals surface area contributed by atoms with Crippen molar-refractivity contribution in [1.29, 1.82) is 0 Å². The third-order valence-corrected chi connectivity index (χ3v) is 7.52. The molecule has 5 nitrogen and oxygen atoms in total. The predicted molar refractivity (Wildman–Crippen MR) is 141 cm³/mol. The smallest absolute Gasteiger partial charge is 0.141 e. The van der Waals surface area contributed by atoms with E-state index in [4.69, 9.17) is 11.6 Å². The van der Waals surface area contributed by atoms with Crippen molar-refractivity contribution >= 4 is 22.9 Å². The van der Waals surface area contributed by atoms with Gasteiger partial charge in [0, 0.05) is 23.8 Å². The number of nitrogens with one attached hydrogen (secondary N) is 2. The Morgan fingerprint density at radius 1 is 1.20 bits per heavy atom. The lowest BCUT2D eigenvalue weighted by Gasteiger charge is -2.27. The molecule has 184 valence electrons. The van der Waals surface area contributed by atoms with E-state index in [1.165, 1.54) is 42.0 Å². The van der Waals surface area contributed by atoms with Crippen molar-refractivity contribution in [3.8, 4) is 11.3 Å². The Labute approximate surface area is 211 Å². The number of halogens is 2. The van der Waals surface area contributed by atoms with Crippen molar-refractivity contribution in [2.45, 2.75) is 71.0 Å². The average Bonchev–Trinajstić information content (AvgIpc) is 3.11. The van der Waals surface area contributed by atoms with Gasteiger partial charge in [-0.3, -0.25) is 0 Å². The van der Waals surface area contributed by atoms with Crippen LogP contribution in [0.25, 0.3) is 16.8 Å². The number of allylic oxidation sites excluding steroid dienone is 1. The fourth-order valence-electron chi connectivity index (χ4n) is 5.13. The van der Waals surface area contributed by atoms with Crippen LogP contribution in [-0.4, -0.2) is 27.6 Å². The summed E-state index contributed by atoms with van der Waals surface area (Å²) >= 11 is 6.08. The highest BCUT2D eigenvalue weighted by Gasteiger charge is 2.26. The lowest BCUT2D eigenvalue weighted by molar-refractivity contribution is 0.343. The normalized spacial score (nSPS) is 17.9. The van der Waals surface area contributed by atoms with E-state index in [2.05, 4.69) is 52.1 Å². The largest absolute Gasteiger partial charge is 0.378 e. The molecule has 1 fully saturated rings. The van der Waals surface area contributed by atoms with Crippen LogP contribution in [0.5, 0.6) is 0 Å². The maximum atomic E-state index is 13.8. The Balaban J connectivity index is 1.49. The Morgan fingerprint density at radius 2 is 2.06 bits per heavy atom. The van der Waals surface area contributed by atoms with Crippen LogP contribution < -0.4 is 10.6 Å². The maximum absolute atomic E-state index is 13.8. The van der Waals surface area contributed by atoms with Gasteiger partial charge in [0.15, 0.2) is 0 Å². The van der Waals surface area contributed by atoms with E-state index < -0.39 is 5.82 Å². The van der Waals surface area contributed by atoms with Gasteiger partial charge >= 0.3 is 0 Å². The molecule has 0 saturated heterocycles. The SMILES string of the molecule is CC/C=C(\CCNC1CCC1)c1ccc2c(c1)C(Nc1ccc(F)c(Cl)c1)CCn1nnc(C)c1-2. The zero-order valence-electron chi connectivity index (χ0n) is 20.5. The van der Waals surface area contributed by atoms with E-state index in [1.807, 2.05) is 11.6 Å². The van der Waals surface area contributed by atoms with Gasteiger partial charge in [-0.25, -0.2) is 9.07 Å². The number of anilines is 1. The molecule has 2 N–H and O–H groups in total. The Kier molecular flexibility index (Phi) is 7.21.